The molecule has 0 aliphatic carbocycles. The van der Waals surface area contributed by atoms with Crippen molar-refractivity contribution in [2.75, 3.05) is 76.2 Å². The lowest BCUT2D eigenvalue weighted by Crippen LogP contribution is -2.54. The zero-order chi connectivity index (χ0) is 48.4. The number of rotatable bonds is 29. The van der Waals surface area contributed by atoms with Gasteiger partial charge in [0.1, 0.15) is 12.1 Å². The average Bonchev–Trinajstić information content (AvgIpc) is 3.31. The fourth-order valence-corrected chi connectivity index (χ4v) is 7.07. The molecule has 1 heterocycles. The van der Waals surface area contributed by atoms with E-state index in [0.29, 0.717) is 63.8 Å². The molecule has 0 spiro atoms. The van der Waals surface area contributed by atoms with Crippen LogP contribution in [-0.2, 0) is 56.1 Å². The van der Waals surface area contributed by atoms with Crippen LogP contribution in [0.2, 0.25) is 0 Å². The van der Waals surface area contributed by atoms with Crippen molar-refractivity contribution in [1.82, 2.24) is 21.3 Å². The number of para-hydroxylation sites is 1. The SMILES string of the molecule is C/C1=C/c2ccccc2N(C(=O)CCC(=O)NCCOCCOCCOCCOCCC(=O)N[C@H](C(=O)N[C@@H](CCCNC(N)=O)C(=O)Nc2ccc(CO)cc2)C(C)C)Cc2ccccc21. The van der Waals surface area contributed by atoms with Crippen LogP contribution in [-0.4, -0.2) is 119 Å². The number of fused-ring (bicyclic) bond motifs is 2. The van der Waals surface area contributed by atoms with Gasteiger partial charge in [-0.15, -0.1) is 0 Å². The summed E-state index contributed by atoms with van der Waals surface area (Å²) in [5.41, 5.74) is 11.3. The maximum absolute atomic E-state index is 13.5. The third-order valence-electron chi connectivity index (χ3n) is 10.7. The van der Waals surface area contributed by atoms with Crippen molar-refractivity contribution in [3.05, 3.63) is 95.1 Å². The molecular weight excluding hydrogens is 863 g/mol. The lowest BCUT2D eigenvalue weighted by atomic mass is 9.95. The third kappa shape index (κ3) is 19.3. The molecule has 0 unspecified atom stereocenters. The van der Waals surface area contributed by atoms with Crippen LogP contribution in [0.1, 0.15) is 75.1 Å². The third-order valence-corrected chi connectivity index (χ3v) is 10.7. The Kier molecular flexibility index (Phi) is 23.5. The molecule has 7 amide bonds. The number of primary amides is 1. The minimum atomic E-state index is -0.981. The number of nitrogens with two attached hydrogens (primary N) is 1. The number of anilines is 2. The molecule has 0 aromatic heterocycles. The van der Waals surface area contributed by atoms with Gasteiger partial charge in [0, 0.05) is 38.0 Å². The Morgan fingerprint density at radius 1 is 0.701 bits per heavy atom. The second-order valence-corrected chi connectivity index (χ2v) is 16.2. The summed E-state index contributed by atoms with van der Waals surface area (Å²) in [5, 5.41) is 22.8. The highest BCUT2D eigenvalue weighted by atomic mass is 16.6. The number of urea groups is 1. The lowest BCUT2D eigenvalue weighted by molar-refractivity contribution is -0.132. The first kappa shape index (κ1) is 53.4. The molecule has 3 aromatic rings. The molecule has 0 bridgehead atoms. The summed E-state index contributed by atoms with van der Waals surface area (Å²) < 4.78 is 22.1. The van der Waals surface area contributed by atoms with Crippen molar-refractivity contribution in [3.8, 4) is 0 Å². The van der Waals surface area contributed by atoms with Gasteiger partial charge in [0.25, 0.3) is 0 Å². The highest BCUT2D eigenvalue weighted by molar-refractivity contribution is 6.00. The number of carbonyl (C=O) groups excluding carboxylic acids is 6. The van der Waals surface area contributed by atoms with E-state index in [-0.39, 0.29) is 76.4 Å². The molecule has 1 aliphatic rings. The van der Waals surface area contributed by atoms with Crippen LogP contribution in [0.3, 0.4) is 0 Å². The molecule has 18 heteroatoms. The van der Waals surface area contributed by atoms with Gasteiger partial charge in [0.2, 0.25) is 29.5 Å². The van der Waals surface area contributed by atoms with Crippen LogP contribution in [0.25, 0.3) is 11.6 Å². The predicted octanol–water partition coefficient (Wildman–Crippen LogP) is 3.65. The van der Waals surface area contributed by atoms with E-state index in [1.807, 2.05) is 42.5 Å². The van der Waals surface area contributed by atoms with Gasteiger partial charge in [-0.2, -0.15) is 0 Å². The number of amides is 7. The van der Waals surface area contributed by atoms with E-state index in [1.54, 1.807) is 43.0 Å². The molecule has 1 aliphatic heterocycles. The molecule has 0 saturated carbocycles. The van der Waals surface area contributed by atoms with Gasteiger partial charge in [-0.3, -0.25) is 24.0 Å². The first-order chi connectivity index (χ1) is 32.4. The van der Waals surface area contributed by atoms with Gasteiger partial charge in [0.15, 0.2) is 0 Å². The summed E-state index contributed by atoms with van der Waals surface area (Å²) >= 11 is 0. The van der Waals surface area contributed by atoms with E-state index in [0.717, 1.165) is 28.0 Å². The van der Waals surface area contributed by atoms with Crippen LogP contribution in [0.15, 0.2) is 72.8 Å². The average molecular weight is 930 g/mol. The summed E-state index contributed by atoms with van der Waals surface area (Å²) in [7, 11) is 0. The van der Waals surface area contributed by atoms with Gasteiger partial charge in [-0.05, 0) is 77.8 Å². The number of ether oxygens (including phenoxy) is 4. The van der Waals surface area contributed by atoms with Crippen molar-refractivity contribution < 1.29 is 52.8 Å². The number of nitrogens with zero attached hydrogens (tertiary/aromatic N) is 1. The number of carbonyl (C=O) groups is 6. The van der Waals surface area contributed by atoms with Crippen LogP contribution >= 0.6 is 0 Å². The Morgan fingerprint density at radius 3 is 2.01 bits per heavy atom. The van der Waals surface area contributed by atoms with Gasteiger partial charge >= 0.3 is 6.03 Å². The number of benzene rings is 3. The highest BCUT2D eigenvalue weighted by Gasteiger charge is 2.29. The first-order valence-electron chi connectivity index (χ1n) is 22.7. The Hall–Kier alpha value is -6.18. The molecule has 0 saturated heterocycles. The Balaban J connectivity index is 1.02. The monoisotopic (exact) mass is 929 g/mol. The Morgan fingerprint density at radius 2 is 1.34 bits per heavy atom. The standard InChI is InChI=1S/C49H67N7O11/c1-34(2)46(48(62)54-41(12-8-21-52-49(50)63)47(61)53-39-16-14-36(33-57)15-17-39)55-44(59)20-23-64-25-27-66-29-30-67-28-26-65-24-22-51-43(58)18-19-45(60)56-32-38-10-4-6-11-40(38)35(3)31-37-9-5-7-13-42(37)56/h4-7,9-11,13-17,31,34,41,46,57H,8,12,18-30,32-33H2,1-3H3,(H,51,58)(H,53,61)(H,54,62)(H,55,59)(H3,50,52,63)/b35-31-/t41-,46-/m0/s1. The summed E-state index contributed by atoms with van der Waals surface area (Å²) in [6, 6.07) is 19.8. The molecule has 3 aromatic carbocycles. The molecule has 18 nitrogen and oxygen atoms in total. The van der Waals surface area contributed by atoms with Crippen LogP contribution in [0.5, 0.6) is 0 Å². The molecule has 4 rings (SSSR count). The topological polar surface area (TPSA) is 249 Å². The summed E-state index contributed by atoms with van der Waals surface area (Å²) in [5.74, 6) is -2.08. The number of nitrogens with one attached hydrogen (secondary N) is 5. The summed E-state index contributed by atoms with van der Waals surface area (Å²) in [4.78, 5) is 78.2. The zero-order valence-electron chi connectivity index (χ0n) is 38.8. The summed E-state index contributed by atoms with van der Waals surface area (Å²) in [6.45, 7) is 8.65. The molecule has 2 atom stereocenters. The minimum absolute atomic E-state index is 0.00251. The van der Waals surface area contributed by atoms with E-state index < -0.39 is 35.8 Å². The van der Waals surface area contributed by atoms with Crippen LogP contribution < -0.4 is 37.2 Å². The van der Waals surface area contributed by atoms with E-state index in [9.17, 15) is 33.9 Å². The molecule has 8 N–H and O–H groups in total. The normalized spacial score (nSPS) is 13.7. The first-order valence-corrected chi connectivity index (χ1v) is 22.7. The van der Waals surface area contributed by atoms with E-state index in [2.05, 4.69) is 45.7 Å². The molecular formula is C49H67N7O11. The van der Waals surface area contributed by atoms with Crippen molar-refractivity contribution in [2.24, 2.45) is 11.7 Å². The molecule has 0 radical (unpaired) electrons. The van der Waals surface area contributed by atoms with E-state index in [4.69, 9.17) is 24.7 Å². The van der Waals surface area contributed by atoms with Crippen molar-refractivity contribution in [1.29, 1.82) is 0 Å². The maximum Gasteiger partial charge on any atom is 0.312 e. The van der Waals surface area contributed by atoms with Gasteiger partial charge < -0.3 is 61.3 Å². The number of aliphatic hydroxyl groups excluding tert-OH is 1. The number of aliphatic hydroxyl groups is 1. The highest BCUT2D eigenvalue weighted by Crippen LogP contribution is 2.32. The smallest absolute Gasteiger partial charge is 0.312 e. The van der Waals surface area contributed by atoms with E-state index in [1.165, 1.54) is 0 Å². The quantitative estimate of drug-likeness (QED) is 0.0495. The lowest BCUT2D eigenvalue weighted by Gasteiger charge is -2.28. The maximum atomic E-state index is 13.5. The van der Waals surface area contributed by atoms with Gasteiger partial charge in [0.05, 0.1) is 71.7 Å². The van der Waals surface area contributed by atoms with Gasteiger partial charge in [-0.1, -0.05) is 68.4 Å². The van der Waals surface area contributed by atoms with Crippen molar-refractivity contribution in [2.45, 2.75) is 78.1 Å². The molecule has 0 fully saturated rings. The number of hydrogen-bond donors (Lipinski definition) is 7. The summed E-state index contributed by atoms with van der Waals surface area (Å²) in [6.07, 6.45) is 2.75. The minimum Gasteiger partial charge on any atom is -0.392 e. The number of hydrogen-bond acceptors (Lipinski definition) is 11. The van der Waals surface area contributed by atoms with Crippen molar-refractivity contribution >= 4 is 58.6 Å². The molecule has 67 heavy (non-hydrogen) atoms. The van der Waals surface area contributed by atoms with Crippen molar-refractivity contribution in [3.63, 3.8) is 0 Å². The second kappa shape index (κ2) is 29.5. The van der Waals surface area contributed by atoms with Gasteiger partial charge in [-0.25, -0.2) is 4.79 Å². The fraction of sp³-hybridized carbons (Fsp3) is 0.469. The molecule has 364 valence electrons. The second-order valence-electron chi connectivity index (χ2n) is 16.2. The fourth-order valence-electron chi connectivity index (χ4n) is 7.07. The largest absolute Gasteiger partial charge is 0.392 e. The Labute approximate surface area is 392 Å². The zero-order valence-corrected chi connectivity index (χ0v) is 38.8. The Bertz CT molecular complexity index is 2100. The van der Waals surface area contributed by atoms with Crippen LogP contribution in [0, 0.1) is 5.92 Å². The number of allylic oxidation sites excluding steroid dienone is 1. The van der Waals surface area contributed by atoms with E-state index >= 15 is 0 Å². The van der Waals surface area contributed by atoms with Crippen LogP contribution in [0.4, 0.5) is 16.2 Å². The predicted molar refractivity (Wildman–Crippen MR) is 254 cm³/mol.